The first-order chi connectivity index (χ1) is 12.5. The van der Waals surface area contributed by atoms with E-state index in [4.69, 9.17) is 0 Å². The molecular weight excluding hydrogens is 344 g/mol. The first-order valence-corrected chi connectivity index (χ1v) is 9.74. The van der Waals surface area contributed by atoms with Gasteiger partial charge in [0.1, 0.15) is 0 Å². The summed E-state index contributed by atoms with van der Waals surface area (Å²) in [7, 11) is 1.70. The number of aryl methyl sites for hydroxylation is 2. The maximum absolute atomic E-state index is 12.7. The third kappa shape index (κ3) is 4.10. The van der Waals surface area contributed by atoms with E-state index in [1.54, 1.807) is 18.8 Å². The summed E-state index contributed by atoms with van der Waals surface area (Å²) in [5, 5.41) is 2.78. The first-order valence-electron chi connectivity index (χ1n) is 8.87. The molecule has 5 heteroatoms. The normalized spacial score (nSPS) is 15.4. The largest absolute Gasteiger partial charge is 0.335 e. The highest BCUT2D eigenvalue weighted by Crippen LogP contribution is 2.38. The molecule has 0 unspecified atom stereocenters. The lowest BCUT2D eigenvalue weighted by Crippen LogP contribution is -2.39. The monoisotopic (exact) mass is 368 g/mol. The van der Waals surface area contributed by atoms with Gasteiger partial charge in [-0.15, -0.1) is 11.8 Å². The standard InChI is InChI=1S/C21H24N2O2S/c1-4-15-7-5-6-8-17(15)22-20(24)13-23(3)21(25)19-12-16-10-9-14(2)11-18(16)26-19/h5-11,19H,4,12-13H2,1-3H3,(H,22,24)/t19-/m0/s1. The lowest BCUT2D eigenvalue weighted by Gasteiger charge is -2.20. The van der Waals surface area contributed by atoms with Gasteiger partial charge in [-0.2, -0.15) is 0 Å². The molecule has 2 amide bonds. The minimum atomic E-state index is -0.168. The van der Waals surface area contributed by atoms with Crippen LogP contribution in [0.5, 0.6) is 0 Å². The molecule has 0 fully saturated rings. The van der Waals surface area contributed by atoms with Gasteiger partial charge in [0.25, 0.3) is 0 Å². The van der Waals surface area contributed by atoms with E-state index < -0.39 is 0 Å². The van der Waals surface area contributed by atoms with Gasteiger partial charge in [-0.05, 0) is 43.0 Å². The summed E-state index contributed by atoms with van der Waals surface area (Å²) in [6, 6.07) is 14.1. The Morgan fingerprint density at radius 3 is 2.77 bits per heavy atom. The number of carbonyl (C=O) groups excluding carboxylic acids is 2. The molecule has 1 N–H and O–H groups in total. The van der Waals surface area contributed by atoms with Crippen molar-refractivity contribution in [1.29, 1.82) is 0 Å². The number of carbonyl (C=O) groups is 2. The molecule has 1 aliphatic rings. The summed E-state index contributed by atoms with van der Waals surface area (Å²) in [6.45, 7) is 4.17. The Kier molecular flexibility index (Phi) is 5.67. The van der Waals surface area contributed by atoms with E-state index >= 15 is 0 Å². The van der Waals surface area contributed by atoms with Crippen molar-refractivity contribution in [2.75, 3.05) is 18.9 Å². The Labute approximate surface area is 159 Å². The van der Waals surface area contributed by atoms with Crippen molar-refractivity contribution in [3.8, 4) is 0 Å². The second-order valence-electron chi connectivity index (χ2n) is 6.67. The lowest BCUT2D eigenvalue weighted by atomic mass is 10.1. The minimum absolute atomic E-state index is 0.00257. The number of likely N-dealkylation sites (N-methyl/N-ethyl adjacent to an activating group) is 1. The van der Waals surface area contributed by atoms with Crippen LogP contribution in [0.4, 0.5) is 5.69 Å². The molecule has 26 heavy (non-hydrogen) atoms. The number of amides is 2. The number of benzene rings is 2. The number of hydrogen-bond donors (Lipinski definition) is 1. The molecular formula is C21H24N2O2S. The van der Waals surface area contributed by atoms with E-state index in [1.165, 1.54) is 20.9 Å². The van der Waals surface area contributed by atoms with Crippen molar-refractivity contribution < 1.29 is 9.59 Å². The summed E-state index contributed by atoms with van der Waals surface area (Å²) in [5.41, 5.74) is 4.33. The van der Waals surface area contributed by atoms with E-state index in [0.29, 0.717) is 0 Å². The molecule has 1 atom stereocenters. The van der Waals surface area contributed by atoms with Crippen molar-refractivity contribution in [2.24, 2.45) is 0 Å². The number of fused-ring (bicyclic) bond motifs is 1. The molecule has 0 spiro atoms. The molecule has 1 aliphatic heterocycles. The van der Waals surface area contributed by atoms with Crippen LogP contribution < -0.4 is 5.32 Å². The van der Waals surface area contributed by atoms with E-state index in [9.17, 15) is 9.59 Å². The number of nitrogens with one attached hydrogen (secondary N) is 1. The third-order valence-electron chi connectivity index (χ3n) is 4.60. The van der Waals surface area contributed by atoms with Crippen molar-refractivity contribution >= 4 is 29.3 Å². The van der Waals surface area contributed by atoms with Crippen LogP contribution in [0.15, 0.2) is 47.4 Å². The second-order valence-corrected chi connectivity index (χ2v) is 7.92. The van der Waals surface area contributed by atoms with Gasteiger partial charge in [0.2, 0.25) is 11.8 Å². The Bertz CT molecular complexity index is 835. The Balaban J connectivity index is 1.59. The molecule has 0 aliphatic carbocycles. The number of anilines is 1. The number of nitrogens with zero attached hydrogens (tertiary/aromatic N) is 1. The van der Waals surface area contributed by atoms with E-state index in [0.717, 1.165) is 24.1 Å². The van der Waals surface area contributed by atoms with Crippen molar-refractivity contribution in [3.63, 3.8) is 0 Å². The Morgan fingerprint density at radius 2 is 2.00 bits per heavy atom. The third-order valence-corrected chi connectivity index (χ3v) is 5.89. The zero-order valence-corrected chi connectivity index (χ0v) is 16.2. The van der Waals surface area contributed by atoms with Gasteiger partial charge in [0, 0.05) is 17.6 Å². The number of para-hydroxylation sites is 1. The maximum Gasteiger partial charge on any atom is 0.243 e. The minimum Gasteiger partial charge on any atom is -0.335 e. The van der Waals surface area contributed by atoms with Crippen LogP contribution >= 0.6 is 11.8 Å². The highest BCUT2D eigenvalue weighted by atomic mass is 32.2. The van der Waals surface area contributed by atoms with Crippen LogP contribution in [0.1, 0.15) is 23.6 Å². The lowest BCUT2D eigenvalue weighted by molar-refractivity contribution is -0.132. The zero-order chi connectivity index (χ0) is 18.7. The number of hydrogen-bond acceptors (Lipinski definition) is 3. The van der Waals surface area contributed by atoms with E-state index in [-0.39, 0.29) is 23.6 Å². The molecule has 3 rings (SSSR count). The predicted octanol–water partition coefficient (Wildman–Crippen LogP) is 3.67. The number of thioether (sulfide) groups is 1. The van der Waals surface area contributed by atoms with Crippen LogP contribution in [0.25, 0.3) is 0 Å². The predicted molar refractivity (Wildman–Crippen MR) is 107 cm³/mol. The Morgan fingerprint density at radius 1 is 1.23 bits per heavy atom. The molecule has 1 heterocycles. The summed E-state index contributed by atoms with van der Waals surface area (Å²) in [5.74, 6) is -0.166. The van der Waals surface area contributed by atoms with Crippen LogP contribution in [-0.2, 0) is 22.4 Å². The summed E-state index contributed by atoms with van der Waals surface area (Å²) < 4.78 is 0. The van der Waals surface area contributed by atoms with Gasteiger partial charge in [0.15, 0.2) is 0 Å². The summed E-state index contributed by atoms with van der Waals surface area (Å²) in [6.07, 6.45) is 1.57. The molecule has 2 aromatic rings. The fraction of sp³-hybridized carbons (Fsp3) is 0.333. The number of rotatable bonds is 5. The molecule has 0 radical (unpaired) electrons. The fourth-order valence-electron chi connectivity index (χ4n) is 3.15. The smallest absolute Gasteiger partial charge is 0.243 e. The van der Waals surface area contributed by atoms with Crippen molar-refractivity contribution in [2.45, 2.75) is 36.8 Å². The Hall–Kier alpha value is -2.27. The first kappa shape index (κ1) is 18.5. The topological polar surface area (TPSA) is 49.4 Å². The summed E-state index contributed by atoms with van der Waals surface area (Å²) >= 11 is 1.60. The van der Waals surface area contributed by atoms with E-state index in [2.05, 4.69) is 37.4 Å². The van der Waals surface area contributed by atoms with E-state index in [1.807, 2.05) is 24.3 Å². The van der Waals surface area contributed by atoms with Crippen LogP contribution in [0.3, 0.4) is 0 Å². The van der Waals surface area contributed by atoms with Crippen LogP contribution in [0.2, 0.25) is 0 Å². The quantitative estimate of drug-likeness (QED) is 0.876. The van der Waals surface area contributed by atoms with Gasteiger partial charge in [0.05, 0.1) is 11.8 Å². The molecule has 136 valence electrons. The maximum atomic E-state index is 12.7. The van der Waals surface area contributed by atoms with Gasteiger partial charge in [-0.25, -0.2) is 0 Å². The fourth-order valence-corrected chi connectivity index (χ4v) is 4.56. The second kappa shape index (κ2) is 7.96. The van der Waals surface area contributed by atoms with Crippen molar-refractivity contribution in [3.05, 3.63) is 59.2 Å². The van der Waals surface area contributed by atoms with Crippen LogP contribution in [0, 0.1) is 6.92 Å². The SMILES string of the molecule is CCc1ccccc1NC(=O)CN(C)C(=O)[C@@H]1Cc2ccc(C)cc2S1. The van der Waals surface area contributed by atoms with Gasteiger partial charge in [-0.1, -0.05) is 42.8 Å². The van der Waals surface area contributed by atoms with Gasteiger partial charge >= 0.3 is 0 Å². The average molecular weight is 369 g/mol. The van der Waals surface area contributed by atoms with Crippen LogP contribution in [-0.4, -0.2) is 35.6 Å². The van der Waals surface area contributed by atoms with Gasteiger partial charge < -0.3 is 10.2 Å². The molecule has 0 bridgehead atoms. The highest BCUT2D eigenvalue weighted by molar-refractivity contribution is 8.01. The zero-order valence-electron chi connectivity index (χ0n) is 15.4. The van der Waals surface area contributed by atoms with Gasteiger partial charge in [-0.3, -0.25) is 9.59 Å². The summed E-state index contributed by atoms with van der Waals surface area (Å²) in [4.78, 5) is 27.8. The molecule has 4 nitrogen and oxygen atoms in total. The molecule has 0 saturated carbocycles. The molecule has 2 aromatic carbocycles. The average Bonchev–Trinajstić information content (AvgIpc) is 3.04. The molecule has 0 saturated heterocycles. The van der Waals surface area contributed by atoms with Crippen molar-refractivity contribution in [1.82, 2.24) is 4.90 Å². The molecule has 0 aromatic heterocycles. The highest BCUT2D eigenvalue weighted by Gasteiger charge is 2.31.